The first-order valence-corrected chi connectivity index (χ1v) is 8.11. The highest BCUT2D eigenvalue weighted by Crippen LogP contribution is 2.38. The minimum absolute atomic E-state index is 0.0560. The summed E-state index contributed by atoms with van der Waals surface area (Å²) in [4.78, 5) is 23.0. The number of pyridine rings is 2. The molecule has 5 heteroatoms. The van der Waals surface area contributed by atoms with Crippen LogP contribution in [0.3, 0.4) is 0 Å². The van der Waals surface area contributed by atoms with E-state index in [9.17, 15) is 4.79 Å². The summed E-state index contributed by atoms with van der Waals surface area (Å²) in [6, 6.07) is 9.77. The van der Waals surface area contributed by atoms with Gasteiger partial charge >= 0.3 is 0 Å². The van der Waals surface area contributed by atoms with Crippen molar-refractivity contribution < 1.29 is 9.53 Å². The van der Waals surface area contributed by atoms with Gasteiger partial charge in [0.15, 0.2) is 0 Å². The lowest BCUT2D eigenvalue weighted by molar-refractivity contribution is 0.0354. The summed E-state index contributed by atoms with van der Waals surface area (Å²) in [6.07, 6.45) is 9.21. The molecular weight excluding hydrogens is 290 g/mol. The van der Waals surface area contributed by atoms with E-state index in [2.05, 4.69) is 9.97 Å². The molecule has 118 valence electrons. The molecule has 0 N–H and O–H groups in total. The molecule has 0 aromatic carbocycles. The molecule has 23 heavy (non-hydrogen) atoms. The third-order valence-corrected chi connectivity index (χ3v) is 4.76. The first kappa shape index (κ1) is 14.2. The molecule has 4 rings (SSSR count). The zero-order valence-corrected chi connectivity index (χ0v) is 12.8. The average molecular weight is 309 g/mol. The van der Waals surface area contributed by atoms with Crippen LogP contribution in [0.15, 0.2) is 48.9 Å². The summed E-state index contributed by atoms with van der Waals surface area (Å²) in [6.45, 7) is 0. The number of carbonyl (C=O) groups is 1. The number of rotatable bonds is 3. The highest BCUT2D eigenvalue weighted by atomic mass is 16.5. The van der Waals surface area contributed by atoms with Crippen LogP contribution in [-0.2, 0) is 0 Å². The monoisotopic (exact) mass is 309 g/mol. The van der Waals surface area contributed by atoms with Gasteiger partial charge in [0.1, 0.15) is 17.5 Å². The summed E-state index contributed by atoms with van der Waals surface area (Å²) in [5.41, 5.74) is 0.540. The molecule has 0 aliphatic carbocycles. The average Bonchev–Trinajstić information content (AvgIpc) is 2.87. The summed E-state index contributed by atoms with van der Waals surface area (Å²) in [7, 11) is 0. The number of ether oxygens (including phenoxy) is 1. The minimum atomic E-state index is 0.0560. The van der Waals surface area contributed by atoms with Gasteiger partial charge in [0.05, 0.1) is 0 Å². The van der Waals surface area contributed by atoms with Gasteiger partial charge in [-0.1, -0.05) is 6.07 Å². The second kappa shape index (κ2) is 5.99. The molecule has 2 atom stereocenters. The topological polar surface area (TPSA) is 55.3 Å². The predicted octanol–water partition coefficient (Wildman–Crippen LogP) is 2.69. The van der Waals surface area contributed by atoms with Crippen molar-refractivity contribution in [3.8, 4) is 5.75 Å². The van der Waals surface area contributed by atoms with Crippen LogP contribution in [0, 0.1) is 0 Å². The Bertz CT molecular complexity index is 663. The fraction of sp³-hybridized carbons (Fsp3) is 0.389. The number of carbonyl (C=O) groups excluding carboxylic acids is 1. The molecule has 4 heterocycles. The van der Waals surface area contributed by atoms with Crippen LogP contribution in [0.4, 0.5) is 0 Å². The van der Waals surface area contributed by atoms with Gasteiger partial charge in [0.2, 0.25) is 0 Å². The van der Waals surface area contributed by atoms with Crippen molar-refractivity contribution in [2.24, 2.45) is 0 Å². The van der Waals surface area contributed by atoms with E-state index in [-0.39, 0.29) is 24.1 Å². The SMILES string of the molecule is O=C(c1ccccn1)N1C2CCC1CC(Oc1ccncc1)C2. The van der Waals surface area contributed by atoms with E-state index in [1.54, 1.807) is 24.7 Å². The molecule has 2 aliphatic rings. The summed E-state index contributed by atoms with van der Waals surface area (Å²) < 4.78 is 6.08. The molecule has 0 saturated carbocycles. The summed E-state index contributed by atoms with van der Waals surface area (Å²) in [5.74, 6) is 0.911. The van der Waals surface area contributed by atoms with Gasteiger partial charge in [-0.15, -0.1) is 0 Å². The molecular formula is C18H19N3O2. The second-order valence-corrected chi connectivity index (χ2v) is 6.21. The van der Waals surface area contributed by atoms with Gasteiger partial charge in [0, 0.05) is 43.5 Å². The van der Waals surface area contributed by atoms with E-state index in [0.29, 0.717) is 5.69 Å². The normalized spacial score (nSPS) is 26.1. The van der Waals surface area contributed by atoms with Crippen LogP contribution in [0.25, 0.3) is 0 Å². The van der Waals surface area contributed by atoms with Crippen LogP contribution in [0.5, 0.6) is 5.75 Å². The Morgan fingerprint density at radius 2 is 1.78 bits per heavy atom. The van der Waals surface area contributed by atoms with Gasteiger partial charge < -0.3 is 9.64 Å². The molecule has 1 amide bonds. The van der Waals surface area contributed by atoms with E-state index in [1.165, 1.54) is 0 Å². The maximum atomic E-state index is 12.7. The zero-order chi connectivity index (χ0) is 15.6. The first-order valence-electron chi connectivity index (χ1n) is 8.11. The standard InChI is InChI=1S/C18H19N3O2/c22-18(17-3-1-2-8-20-17)21-13-4-5-14(21)12-16(11-13)23-15-6-9-19-10-7-15/h1-3,6-10,13-14,16H,4-5,11-12H2. The van der Waals surface area contributed by atoms with Crippen molar-refractivity contribution in [1.82, 2.24) is 14.9 Å². The molecule has 0 spiro atoms. The van der Waals surface area contributed by atoms with Crippen molar-refractivity contribution >= 4 is 5.91 Å². The Balaban J connectivity index is 1.47. The maximum Gasteiger partial charge on any atom is 0.272 e. The van der Waals surface area contributed by atoms with E-state index >= 15 is 0 Å². The number of hydrogen-bond acceptors (Lipinski definition) is 4. The molecule has 2 saturated heterocycles. The first-order chi connectivity index (χ1) is 11.3. The number of nitrogens with zero attached hydrogens (tertiary/aromatic N) is 3. The Morgan fingerprint density at radius 3 is 2.43 bits per heavy atom. The predicted molar refractivity (Wildman–Crippen MR) is 85.1 cm³/mol. The van der Waals surface area contributed by atoms with E-state index in [1.807, 2.05) is 29.2 Å². The van der Waals surface area contributed by atoms with Gasteiger partial charge in [-0.05, 0) is 37.1 Å². The molecule has 0 radical (unpaired) electrons. The quantitative estimate of drug-likeness (QED) is 0.875. The van der Waals surface area contributed by atoms with E-state index in [0.717, 1.165) is 31.4 Å². The highest BCUT2D eigenvalue weighted by molar-refractivity contribution is 5.93. The molecule has 5 nitrogen and oxygen atoms in total. The molecule has 2 aliphatic heterocycles. The molecule has 2 aromatic rings. The van der Waals surface area contributed by atoms with Crippen molar-refractivity contribution in [2.45, 2.75) is 43.9 Å². The summed E-state index contributed by atoms with van der Waals surface area (Å²) in [5, 5.41) is 0. The van der Waals surface area contributed by atoms with Crippen molar-refractivity contribution in [1.29, 1.82) is 0 Å². The van der Waals surface area contributed by atoms with Gasteiger partial charge in [-0.25, -0.2) is 0 Å². The Hall–Kier alpha value is -2.43. The second-order valence-electron chi connectivity index (χ2n) is 6.21. The molecule has 2 unspecified atom stereocenters. The minimum Gasteiger partial charge on any atom is -0.490 e. The van der Waals surface area contributed by atoms with Gasteiger partial charge in [-0.2, -0.15) is 0 Å². The van der Waals surface area contributed by atoms with Crippen LogP contribution >= 0.6 is 0 Å². The zero-order valence-electron chi connectivity index (χ0n) is 12.8. The highest BCUT2D eigenvalue weighted by Gasteiger charge is 2.44. The lowest BCUT2D eigenvalue weighted by Gasteiger charge is -2.38. The molecule has 2 aromatic heterocycles. The van der Waals surface area contributed by atoms with Gasteiger partial charge in [-0.3, -0.25) is 14.8 Å². The number of amides is 1. The Morgan fingerprint density at radius 1 is 1.04 bits per heavy atom. The Kier molecular flexibility index (Phi) is 3.69. The van der Waals surface area contributed by atoms with E-state index in [4.69, 9.17) is 4.74 Å². The molecule has 2 bridgehead atoms. The number of piperidine rings is 1. The fourth-order valence-corrected chi connectivity index (χ4v) is 3.79. The van der Waals surface area contributed by atoms with Crippen LogP contribution < -0.4 is 4.74 Å². The number of aromatic nitrogens is 2. The lowest BCUT2D eigenvalue weighted by atomic mass is 9.99. The molecule has 2 fully saturated rings. The van der Waals surface area contributed by atoms with Crippen molar-refractivity contribution in [3.05, 3.63) is 54.6 Å². The number of hydrogen-bond donors (Lipinski definition) is 0. The van der Waals surface area contributed by atoms with Crippen molar-refractivity contribution in [3.63, 3.8) is 0 Å². The third-order valence-electron chi connectivity index (χ3n) is 4.76. The van der Waals surface area contributed by atoms with Gasteiger partial charge in [0.25, 0.3) is 5.91 Å². The van der Waals surface area contributed by atoms with Crippen LogP contribution in [0.2, 0.25) is 0 Å². The van der Waals surface area contributed by atoms with Crippen molar-refractivity contribution in [2.75, 3.05) is 0 Å². The number of fused-ring (bicyclic) bond motifs is 2. The maximum absolute atomic E-state index is 12.7. The summed E-state index contributed by atoms with van der Waals surface area (Å²) >= 11 is 0. The van der Waals surface area contributed by atoms with Crippen LogP contribution in [0.1, 0.15) is 36.2 Å². The van der Waals surface area contributed by atoms with E-state index < -0.39 is 0 Å². The Labute approximate surface area is 135 Å². The smallest absolute Gasteiger partial charge is 0.272 e. The van der Waals surface area contributed by atoms with Crippen LogP contribution in [-0.4, -0.2) is 39.0 Å². The lowest BCUT2D eigenvalue weighted by Crippen LogP contribution is -2.49. The largest absolute Gasteiger partial charge is 0.490 e. The third kappa shape index (κ3) is 2.79. The fourth-order valence-electron chi connectivity index (χ4n) is 3.79.